The van der Waals surface area contributed by atoms with E-state index in [0.717, 1.165) is 0 Å². The Morgan fingerprint density at radius 1 is 1.35 bits per heavy atom. The molecule has 0 radical (unpaired) electrons. The minimum atomic E-state index is -0.487. The zero-order valence-electron chi connectivity index (χ0n) is 13.8. The number of carbonyl (C=O) groups excluding carboxylic acids is 1. The summed E-state index contributed by atoms with van der Waals surface area (Å²) in [6, 6.07) is 11.2. The molecule has 0 atom stereocenters. The normalized spacial score (nSPS) is 10.3. The third-order valence-electron chi connectivity index (χ3n) is 3.23. The largest absolute Gasteiger partial charge is 0.490 e. The predicted molar refractivity (Wildman–Crippen MR) is 95.3 cm³/mol. The molecule has 0 aliphatic heterocycles. The van der Waals surface area contributed by atoms with Gasteiger partial charge in [0.05, 0.1) is 17.6 Å². The van der Waals surface area contributed by atoms with E-state index in [2.05, 4.69) is 10.3 Å². The first-order valence-electron chi connectivity index (χ1n) is 7.78. The van der Waals surface area contributed by atoms with E-state index < -0.39 is 10.8 Å². The minimum absolute atomic E-state index is 0.0155. The van der Waals surface area contributed by atoms with E-state index >= 15 is 0 Å². The third-order valence-corrected chi connectivity index (χ3v) is 3.23. The molecule has 2 aromatic rings. The van der Waals surface area contributed by atoms with Gasteiger partial charge in [-0.3, -0.25) is 14.9 Å². The number of amides is 1. The molecule has 1 aromatic heterocycles. The van der Waals surface area contributed by atoms with Crippen molar-refractivity contribution in [2.75, 3.05) is 11.9 Å². The molecule has 1 heterocycles. The number of hydrogen-bond donors (Lipinski definition) is 1. The summed E-state index contributed by atoms with van der Waals surface area (Å²) in [5, 5.41) is 21.7. The number of anilines is 1. The maximum absolute atomic E-state index is 12.0. The van der Waals surface area contributed by atoms with E-state index in [9.17, 15) is 14.9 Å². The van der Waals surface area contributed by atoms with Crippen LogP contribution in [0.4, 0.5) is 11.5 Å². The van der Waals surface area contributed by atoms with Gasteiger partial charge in [-0.25, -0.2) is 4.98 Å². The van der Waals surface area contributed by atoms with Crippen LogP contribution in [-0.2, 0) is 4.79 Å². The van der Waals surface area contributed by atoms with Gasteiger partial charge in [0.25, 0.3) is 5.69 Å². The van der Waals surface area contributed by atoms with E-state index in [0.29, 0.717) is 30.8 Å². The Hall–Kier alpha value is -3.73. The molecule has 8 nitrogen and oxygen atoms in total. The molecule has 1 amide bonds. The van der Waals surface area contributed by atoms with Crippen LogP contribution in [0, 0.1) is 21.4 Å². The molecule has 0 saturated heterocycles. The summed E-state index contributed by atoms with van der Waals surface area (Å²) in [4.78, 5) is 26.2. The van der Waals surface area contributed by atoms with E-state index in [1.807, 2.05) is 6.07 Å². The number of nitrogens with one attached hydrogen (secondary N) is 1. The summed E-state index contributed by atoms with van der Waals surface area (Å²) in [5.74, 6) is 0.286. The van der Waals surface area contributed by atoms with Crippen LogP contribution in [0.3, 0.4) is 0 Å². The second-order valence-corrected chi connectivity index (χ2v) is 5.13. The number of nitro benzene ring substituents is 1. The zero-order valence-corrected chi connectivity index (χ0v) is 13.8. The Kier molecular flexibility index (Phi) is 6.83. The van der Waals surface area contributed by atoms with Crippen molar-refractivity contribution in [2.24, 2.45) is 0 Å². The maximum atomic E-state index is 12.0. The number of non-ortho nitro benzene ring substituents is 1. The number of rotatable bonds is 8. The first-order chi connectivity index (χ1) is 12.6. The Labute approximate surface area is 149 Å². The number of nitriles is 1. The molecule has 0 unspecified atom stereocenters. The van der Waals surface area contributed by atoms with Gasteiger partial charge in [-0.2, -0.15) is 5.26 Å². The van der Waals surface area contributed by atoms with Gasteiger partial charge < -0.3 is 10.1 Å². The first kappa shape index (κ1) is 18.6. The van der Waals surface area contributed by atoms with Crippen LogP contribution in [0.1, 0.15) is 18.4 Å². The standard InChI is InChI=1S/C18H16N4O4/c19-11-1-2-13-26-16-4-3-12-20-18(16)21-17(23)10-7-14-5-8-15(9-6-14)22(24)25/h3-10,12H,1-2,13H2,(H,20,21,23). The fourth-order valence-corrected chi connectivity index (χ4v) is 1.97. The highest BCUT2D eigenvalue weighted by molar-refractivity contribution is 6.02. The number of benzene rings is 1. The number of hydrogen-bond acceptors (Lipinski definition) is 6. The van der Waals surface area contributed by atoms with E-state index in [-0.39, 0.29) is 11.5 Å². The molecule has 8 heteroatoms. The molecular formula is C18H16N4O4. The first-order valence-corrected chi connectivity index (χ1v) is 7.78. The molecule has 0 spiro atoms. The number of ether oxygens (including phenoxy) is 1. The van der Waals surface area contributed by atoms with Crippen molar-refractivity contribution in [1.82, 2.24) is 4.98 Å². The van der Waals surface area contributed by atoms with Crippen molar-refractivity contribution >= 4 is 23.5 Å². The highest BCUT2D eigenvalue weighted by Gasteiger charge is 2.07. The number of unbranched alkanes of at least 4 members (excludes halogenated alkanes) is 1. The van der Waals surface area contributed by atoms with Crippen molar-refractivity contribution < 1.29 is 14.5 Å². The molecular weight excluding hydrogens is 336 g/mol. The van der Waals surface area contributed by atoms with Gasteiger partial charge in [0.15, 0.2) is 11.6 Å². The lowest BCUT2D eigenvalue weighted by Crippen LogP contribution is -2.11. The van der Waals surface area contributed by atoms with Crippen LogP contribution in [0.5, 0.6) is 5.75 Å². The Balaban J connectivity index is 1.96. The van der Waals surface area contributed by atoms with Gasteiger partial charge in [0, 0.05) is 30.8 Å². The fraction of sp³-hybridized carbons (Fsp3) is 0.167. The minimum Gasteiger partial charge on any atom is -0.490 e. The molecule has 0 aliphatic rings. The summed E-state index contributed by atoms with van der Waals surface area (Å²) >= 11 is 0. The molecule has 0 aliphatic carbocycles. The summed E-state index contributed by atoms with van der Waals surface area (Å²) in [7, 11) is 0. The molecule has 1 N–H and O–H groups in total. The van der Waals surface area contributed by atoms with Crippen LogP contribution in [0.15, 0.2) is 48.7 Å². The Bertz CT molecular complexity index is 841. The van der Waals surface area contributed by atoms with Gasteiger partial charge in [-0.05, 0) is 42.3 Å². The summed E-state index contributed by atoms with van der Waals surface area (Å²) in [6.45, 7) is 0.348. The number of nitro groups is 1. The average molecular weight is 352 g/mol. The lowest BCUT2D eigenvalue weighted by molar-refractivity contribution is -0.384. The maximum Gasteiger partial charge on any atom is 0.269 e. The molecule has 132 valence electrons. The van der Waals surface area contributed by atoms with Crippen LogP contribution >= 0.6 is 0 Å². The van der Waals surface area contributed by atoms with Crippen molar-refractivity contribution in [2.45, 2.75) is 12.8 Å². The van der Waals surface area contributed by atoms with E-state index in [1.54, 1.807) is 24.3 Å². The monoisotopic (exact) mass is 352 g/mol. The summed E-state index contributed by atoms with van der Waals surface area (Å²) in [6.07, 6.45) is 5.33. The van der Waals surface area contributed by atoms with Gasteiger partial charge >= 0.3 is 0 Å². The van der Waals surface area contributed by atoms with Crippen molar-refractivity contribution in [3.8, 4) is 11.8 Å². The van der Waals surface area contributed by atoms with Gasteiger partial charge in [-0.1, -0.05) is 0 Å². The van der Waals surface area contributed by atoms with Crippen molar-refractivity contribution in [3.63, 3.8) is 0 Å². The lowest BCUT2D eigenvalue weighted by atomic mass is 10.2. The Morgan fingerprint density at radius 3 is 2.81 bits per heavy atom. The molecule has 26 heavy (non-hydrogen) atoms. The number of nitrogens with zero attached hydrogens (tertiary/aromatic N) is 3. The second-order valence-electron chi connectivity index (χ2n) is 5.13. The average Bonchev–Trinajstić information content (AvgIpc) is 2.65. The molecule has 0 saturated carbocycles. The van der Waals surface area contributed by atoms with E-state index in [1.165, 1.54) is 30.5 Å². The number of pyridine rings is 1. The number of carbonyl (C=O) groups is 1. The molecule has 0 fully saturated rings. The van der Waals surface area contributed by atoms with Crippen molar-refractivity contribution in [1.29, 1.82) is 5.26 Å². The van der Waals surface area contributed by atoms with Crippen LogP contribution < -0.4 is 10.1 Å². The fourth-order valence-electron chi connectivity index (χ4n) is 1.97. The zero-order chi connectivity index (χ0) is 18.8. The topological polar surface area (TPSA) is 118 Å². The van der Waals surface area contributed by atoms with Crippen molar-refractivity contribution in [3.05, 3.63) is 64.3 Å². The van der Waals surface area contributed by atoms with Gasteiger partial charge in [0.1, 0.15) is 0 Å². The van der Waals surface area contributed by atoms with E-state index in [4.69, 9.17) is 10.00 Å². The highest BCUT2D eigenvalue weighted by atomic mass is 16.6. The van der Waals surface area contributed by atoms with Crippen LogP contribution in [0.25, 0.3) is 6.08 Å². The number of aromatic nitrogens is 1. The smallest absolute Gasteiger partial charge is 0.269 e. The molecule has 2 rings (SSSR count). The second kappa shape index (κ2) is 9.54. The molecule has 1 aromatic carbocycles. The highest BCUT2D eigenvalue weighted by Crippen LogP contribution is 2.21. The summed E-state index contributed by atoms with van der Waals surface area (Å²) < 4.78 is 5.52. The third kappa shape index (κ3) is 5.72. The Morgan fingerprint density at radius 2 is 2.12 bits per heavy atom. The predicted octanol–water partition coefficient (Wildman–Crippen LogP) is 3.32. The van der Waals surface area contributed by atoms with Gasteiger partial charge in [0.2, 0.25) is 5.91 Å². The van der Waals surface area contributed by atoms with Crippen LogP contribution in [0.2, 0.25) is 0 Å². The van der Waals surface area contributed by atoms with Crippen LogP contribution in [-0.4, -0.2) is 22.4 Å². The SMILES string of the molecule is N#CCCCOc1cccnc1NC(=O)C=Cc1ccc([N+](=O)[O-])cc1. The quantitative estimate of drug-likeness (QED) is 0.337. The van der Waals surface area contributed by atoms with Gasteiger partial charge in [-0.15, -0.1) is 0 Å². The molecule has 0 bridgehead atoms. The summed E-state index contributed by atoms with van der Waals surface area (Å²) in [5.41, 5.74) is 0.637. The lowest BCUT2D eigenvalue weighted by Gasteiger charge is -2.09.